The van der Waals surface area contributed by atoms with E-state index in [2.05, 4.69) is 43.0 Å². The van der Waals surface area contributed by atoms with E-state index in [1.807, 2.05) is 26.0 Å². The van der Waals surface area contributed by atoms with Crippen molar-refractivity contribution in [3.05, 3.63) is 23.2 Å². The molecule has 0 aliphatic carbocycles. The monoisotopic (exact) mass is 265 g/mol. The smallest absolute Gasteiger partial charge is 0.309 e. The van der Waals surface area contributed by atoms with Crippen LogP contribution in [0.1, 0.15) is 48.0 Å². The van der Waals surface area contributed by atoms with E-state index in [1.54, 1.807) is 0 Å². The van der Waals surface area contributed by atoms with Gasteiger partial charge in [-0.3, -0.25) is 0 Å². The highest BCUT2D eigenvalue weighted by Gasteiger charge is 2.33. The van der Waals surface area contributed by atoms with Crippen molar-refractivity contribution >= 4 is 16.7 Å². The Kier molecular flexibility index (Phi) is 6.89. The van der Waals surface area contributed by atoms with Gasteiger partial charge in [-0.05, 0) is 27.2 Å². The molecule has 0 fully saturated rings. The van der Waals surface area contributed by atoms with E-state index in [0.29, 0.717) is 7.48 Å². The minimum atomic E-state index is -0.237. The average Bonchev–Trinajstić information content (AvgIpc) is 2.28. The summed E-state index contributed by atoms with van der Waals surface area (Å²) in [4.78, 5) is 0. The van der Waals surface area contributed by atoms with Crippen LogP contribution < -0.4 is 0 Å². The Balaban J connectivity index is 4.72. The molecule has 0 spiro atoms. The molecule has 2 nitrogen and oxygen atoms in total. The van der Waals surface area contributed by atoms with Crippen LogP contribution >= 0.6 is 9.24 Å². The lowest BCUT2D eigenvalue weighted by atomic mass is 9.82. The van der Waals surface area contributed by atoms with Crippen LogP contribution in [-0.2, 0) is 4.65 Å². The highest BCUT2D eigenvalue weighted by atomic mass is 31.0. The summed E-state index contributed by atoms with van der Waals surface area (Å²) >= 11 is 0. The Labute approximate surface area is 115 Å². The molecule has 100 valence electrons. The molecule has 0 saturated carbocycles. The number of nitriles is 1. The molecule has 0 rings (SSSR count). The van der Waals surface area contributed by atoms with Crippen molar-refractivity contribution < 1.29 is 4.65 Å². The third-order valence-electron chi connectivity index (χ3n) is 3.41. The number of hydrogen-bond acceptors (Lipinski definition) is 2. The Morgan fingerprint density at radius 1 is 1.39 bits per heavy atom. The summed E-state index contributed by atoms with van der Waals surface area (Å²) in [6.45, 7) is 12.4. The first-order valence-electron chi connectivity index (χ1n) is 6.36. The molecule has 0 heterocycles. The number of allylic oxidation sites excluding steroid dienone is 4. The van der Waals surface area contributed by atoms with E-state index in [-0.39, 0.29) is 10.8 Å². The Hall–Kier alpha value is -0.575. The van der Waals surface area contributed by atoms with Crippen molar-refractivity contribution in [3.63, 3.8) is 0 Å². The molecule has 18 heavy (non-hydrogen) atoms. The molecule has 1 unspecified atom stereocenters. The molecular formula is C14H25BNOP. The molecule has 0 aliphatic heterocycles. The molecule has 0 radical (unpaired) electrons. The third kappa shape index (κ3) is 5.38. The normalized spacial score (nSPS) is 14.3. The van der Waals surface area contributed by atoms with Gasteiger partial charge in [-0.15, -0.1) is 9.24 Å². The van der Waals surface area contributed by atoms with Gasteiger partial charge in [0, 0.05) is 10.7 Å². The van der Waals surface area contributed by atoms with Crippen LogP contribution in [0.25, 0.3) is 0 Å². The summed E-state index contributed by atoms with van der Waals surface area (Å²) in [5.41, 5.74) is 1.60. The van der Waals surface area contributed by atoms with E-state index in [0.717, 1.165) is 17.5 Å². The number of hydrogen-bond donors (Lipinski definition) is 0. The molecule has 0 aliphatic rings. The lowest BCUT2D eigenvalue weighted by Gasteiger charge is -2.39. The topological polar surface area (TPSA) is 33.0 Å². The SMILES string of the molecule is C/C=C(BOC(C)(C)C(C)(C)P)\C=C(\C#N)CC. The van der Waals surface area contributed by atoms with Crippen LogP contribution in [0.15, 0.2) is 23.2 Å². The van der Waals surface area contributed by atoms with Gasteiger partial charge in [-0.1, -0.05) is 38.4 Å². The summed E-state index contributed by atoms with van der Waals surface area (Å²) in [7, 11) is 3.36. The minimum absolute atomic E-state index is 0.00161. The molecule has 0 amide bonds. The fourth-order valence-electron chi connectivity index (χ4n) is 1.10. The quantitative estimate of drug-likeness (QED) is 0.318. The summed E-state index contributed by atoms with van der Waals surface area (Å²) in [6, 6.07) is 2.20. The van der Waals surface area contributed by atoms with Gasteiger partial charge in [0.2, 0.25) is 0 Å². The van der Waals surface area contributed by atoms with Crippen LogP contribution in [0, 0.1) is 11.3 Å². The predicted molar refractivity (Wildman–Crippen MR) is 83.8 cm³/mol. The van der Waals surface area contributed by atoms with Crippen molar-refractivity contribution in [1.82, 2.24) is 0 Å². The second-order valence-corrected chi connectivity index (χ2v) is 6.96. The molecular weight excluding hydrogens is 240 g/mol. The summed E-state index contributed by atoms with van der Waals surface area (Å²) in [5.74, 6) is 0. The first-order chi connectivity index (χ1) is 8.17. The Morgan fingerprint density at radius 2 is 1.94 bits per heavy atom. The summed E-state index contributed by atoms with van der Waals surface area (Å²) in [5, 5.41) is 8.94. The highest BCUT2D eigenvalue weighted by Crippen LogP contribution is 2.33. The Bertz CT molecular complexity index is 372. The molecule has 0 aromatic heterocycles. The largest absolute Gasteiger partial charge is 0.429 e. The first-order valence-corrected chi connectivity index (χ1v) is 6.94. The van der Waals surface area contributed by atoms with E-state index in [4.69, 9.17) is 9.92 Å². The first kappa shape index (κ1) is 17.4. The van der Waals surface area contributed by atoms with E-state index < -0.39 is 0 Å². The van der Waals surface area contributed by atoms with Crippen molar-refractivity contribution in [2.75, 3.05) is 0 Å². The standard InChI is InChI=1S/C14H25BNOP/c1-7-11(10-16)9-12(8-2)15-17-13(3,4)14(5,6)18/h8-9,15H,7,18H2,1-6H3/b11-9+,12-8+. The predicted octanol–water partition coefficient (Wildman–Crippen LogP) is 3.55. The fourth-order valence-corrected chi connectivity index (χ4v) is 1.18. The maximum Gasteiger partial charge on any atom is 0.309 e. The van der Waals surface area contributed by atoms with Gasteiger partial charge >= 0.3 is 7.48 Å². The number of rotatable bonds is 6. The van der Waals surface area contributed by atoms with Gasteiger partial charge in [0.1, 0.15) is 0 Å². The van der Waals surface area contributed by atoms with Crippen molar-refractivity contribution in [3.8, 4) is 6.07 Å². The minimum Gasteiger partial charge on any atom is -0.429 e. The summed E-state index contributed by atoms with van der Waals surface area (Å²) in [6.07, 6.45) is 4.68. The lowest BCUT2D eigenvalue weighted by molar-refractivity contribution is 0.0833. The average molecular weight is 265 g/mol. The van der Waals surface area contributed by atoms with Gasteiger partial charge in [0.05, 0.1) is 11.7 Å². The zero-order chi connectivity index (χ0) is 14.4. The van der Waals surface area contributed by atoms with Gasteiger partial charge < -0.3 is 4.65 Å². The van der Waals surface area contributed by atoms with Gasteiger partial charge in [-0.25, -0.2) is 0 Å². The zero-order valence-corrected chi connectivity index (χ0v) is 13.7. The van der Waals surface area contributed by atoms with Crippen molar-refractivity contribution in [2.45, 2.75) is 58.7 Å². The fraction of sp³-hybridized carbons (Fsp3) is 0.643. The van der Waals surface area contributed by atoms with E-state index in [9.17, 15) is 0 Å². The zero-order valence-electron chi connectivity index (χ0n) is 12.5. The van der Waals surface area contributed by atoms with E-state index >= 15 is 0 Å². The third-order valence-corrected chi connectivity index (χ3v) is 4.10. The maximum absolute atomic E-state index is 8.94. The molecule has 0 aromatic rings. The molecule has 1 atom stereocenters. The van der Waals surface area contributed by atoms with Crippen LogP contribution in [0.4, 0.5) is 0 Å². The molecule has 4 heteroatoms. The number of nitrogens with zero attached hydrogens (tertiary/aromatic N) is 1. The molecule has 0 bridgehead atoms. The van der Waals surface area contributed by atoms with Crippen LogP contribution in [0.5, 0.6) is 0 Å². The van der Waals surface area contributed by atoms with Crippen LogP contribution in [-0.4, -0.2) is 18.2 Å². The van der Waals surface area contributed by atoms with Gasteiger partial charge in [-0.2, -0.15) is 5.26 Å². The molecule has 0 aromatic carbocycles. The molecule has 0 N–H and O–H groups in total. The Morgan fingerprint density at radius 3 is 2.28 bits per heavy atom. The van der Waals surface area contributed by atoms with E-state index in [1.165, 1.54) is 0 Å². The summed E-state index contributed by atoms with van der Waals surface area (Å²) < 4.78 is 5.99. The van der Waals surface area contributed by atoms with Gasteiger partial charge in [0.25, 0.3) is 0 Å². The van der Waals surface area contributed by atoms with Crippen molar-refractivity contribution in [2.24, 2.45) is 0 Å². The highest BCUT2D eigenvalue weighted by molar-refractivity contribution is 7.19. The van der Waals surface area contributed by atoms with Crippen LogP contribution in [0.3, 0.4) is 0 Å². The second kappa shape index (κ2) is 7.12. The maximum atomic E-state index is 8.94. The lowest BCUT2D eigenvalue weighted by Crippen LogP contribution is -2.43. The van der Waals surface area contributed by atoms with Crippen LogP contribution in [0.2, 0.25) is 0 Å². The molecule has 0 saturated heterocycles. The van der Waals surface area contributed by atoms with Gasteiger partial charge in [0.15, 0.2) is 0 Å². The second-order valence-electron chi connectivity index (χ2n) is 5.52. The van der Waals surface area contributed by atoms with Crippen molar-refractivity contribution in [1.29, 1.82) is 5.26 Å².